The Morgan fingerprint density at radius 3 is 2.88 bits per heavy atom. The van der Waals surface area contributed by atoms with Crippen LogP contribution in [0.1, 0.15) is 23.6 Å². The lowest BCUT2D eigenvalue weighted by molar-refractivity contribution is -0.118. The number of thiazole rings is 1. The molecule has 128 valence electrons. The fourth-order valence-corrected chi connectivity index (χ4v) is 3.80. The molecule has 1 amide bonds. The second-order valence-corrected chi connectivity index (χ2v) is 7.38. The highest BCUT2D eigenvalue weighted by Crippen LogP contribution is 2.31. The van der Waals surface area contributed by atoms with Crippen molar-refractivity contribution in [3.63, 3.8) is 0 Å². The first-order chi connectivity index (χ1) is 11.6. The van der Waals surface area contributed by atoms with Crippen molar-refractivity contribution in [1.82, 2.24) is 10.3 Å². The van der Waals surface area contributed by atoms with Gasteiger partial charge in [-0.05, 0) is 44.0 Å². The lowest BCUT2D eigenvalue weighted by Gasteiger charge is -2.20. The van der Waals surface area contributed by atoms with Gasteiger partial charge in [0.2, 0.25) is 0 Å². The van der Waals surface area contributed by atoms with Gasteiger partial charge in [-0.2, -0.15) is 0 Å². The third-order valence-corrected chi connectivity index (χ3v) is 5.59. The first kappa shape index (κ1) is 17.5. The van der Waals surface area contributed by atoms with E-state index in [2.05, 4.69) is 15.6 Å². The van der Waals surface area contributed by atoms with E-state index >= 15 is 0 Å². The number of carbonyl (C=O) groups excluding carboxylic acids is 1. The van der Waals surface area contributed by atoms with E-state index in [1.54, 1.807) is 18.2 Å². The number of piperidine rings is 1. The third kappa shape index (κ3) is 4.60. The lowest BCUT2D eigenvalue weighted by atomic mass is 9.97. The van der Waals surface area contributed by atoms with Crippen molar-refractivity contribution < 1.29 is 9.53 Å². The van der Waals surface area contributed by atoms with Crippen molar-refractivity contribution in [2.45, 2.75) is 18.8 Å². The molecule has 0 radical (unpaired) electrons. The number of amides is 1. The lowest BCUT2D eigenvalue weighted by Crippen LogP contribution is -2.26. The van der Waals surface area contributed by atoms with E-state index in [9.17, 15) is 4.79 Å². The molecule has 1 aliphatic heterocycles. The molecule has 1 saturated heterocycles. The predicted molar refractivity (Wildman–Crippen MR) is 97.5 cm³/mol. The zero-order chi connectivity index (χ0) is 16.9. The van der Waals surface area contributed by atoms with Gasteiger partial charge >= 0.3 is 0 Å². The molecule has 0 unspecified atom stereocenters. The van der Waals surface area contributed by atoms with Crippen LogP contribution in [0.5, 0.6) is 5.75 Å². The Labute approximate surface area is 154 Å². The maximum Gasteiger partial charge on any atom is 0.264 e. The number of hydrogen-bond donors (Lipinski definition) is 2. The van der Waals surface area contributed by atoms with Crippen molar-refractivity contribution in [1.29, 1.82) is 0 Å². The number of aromatic nitrogens is 1. The number of nitrogens with zero attached hydrogens (tertiary/aromatic N) is 1. The molecule has 1 aliphatic rings. The number of benzene rings is 1. The first-order valence-corrected chi connectivity index (χ1v) is 9.23. The molecule has 0 aliphatic carbocycles. The van der Waals surface area contributed by atoms with E-state index in [0.29, 0.717) is 26.8 Å². The molecule has 0 saturated carbocycles. The summed E-state index contributed by atoms with van der Waals surface area (Å²) in [6.45, 7) is 1.95. The van der Waals surface area contributed by atoms with Crippen LogP contribution in [0.15, 0.2) is 24.4 Å². The van der Waals surface area contributed by atoms with Crippen molar-refractivity contribution in [3.8, 4) is 5.75 Å². The summed E-state index contributed by atoms with van der Waals surface area (Å²) in [5.74, 6) is 0.767. The Morgan fingerprint density at radius 2 is 2.12 bits per heavy atom. The molecule has 0 spiro atoms. The van der Waals surface area contributed by atoms with Gasteiger partial charge in [0, 0.05) is 17.1 Å². The summed E-state index contributed by atoms with van der Waals surface area (Å²) in [6.07, 6.45) is 4.07. The van der Waals surface area contributed by atoms with E-state index in [4.69, 9.17) is 27.9 Å². The normalized spacial score (nSPS) is 15.2. The van der Waals surface area contributed by atoms with E-state index in [1.165, 1.54) is 16.2 Å². The monoisotopic (exact) mass is 385 g/mol. The van der Waals surface area contributed by atoms with E-state index in [0.717, 1.165) is 25.9 Å². The van der Waals surface area contributed by atoms with Gasteiger partial charge in [0.25, 0.3) is 5.91 Å². The highest BCUT2D eigenvalue weighted by Gasteiger charge is 2.18. The minimum absolute atomic E-state index is 0.111. The molecule has 2 heterocycles. The van der Waals surface area contributed by atoms with Crippen molar-refractivity contribution in [2.24, 2.45) is 0 Å². The molecule has 8 heteroatoms. The summed E-state index contributed by atoms with van der Waals surface area (Å²) < 4.78 is 5.41. The molecule has 0 atom stereocenters. The number of halogens is 2. The third-order valence-electron chi connectivity index (χ3n) is 3.77. The Morgan fingerprint density at radius 1 is 1.33 bits per heavy atom. The van der Waals surface area contributed by atoms with Gasteiger partial charge in [-0.25, -0.2) is 4.98 Å². The number of hydrogen-bond acceptors (Lipinski definition) is 5. The van der Waals surface area contributed by atoms with Crippen LogP contribution in [-0.2, 0) is 4.79 Å². The van der Waals surface area contributed by atoms with Crippen LogP contribution in [0, 0.1) is 0 Å². The Hall–Kier alpha value is -1.34. The van der Waals surface area contributed by atoms with Crippen LogP contribution in [-0.4, -0.2) is 30.6 Å². The van der Waals surface area contributed by atoms with Crippen molar-refractivity contribution in [3.05, 3.63) is 39.3 Å². The van der Waals surface area contributed by atoms with Gasteiger partial charge in [-0.15, -0.1) is 11.3 Å². The quantitative estimate of drug-likeness (QED) is 0.817. The number of ether oxygens (including phenoxy) is 1. The topological polar surface area (TPSA) is 63.2 Å². The highest BCUT2D eigenvalue weighted by atomic mass is 35.5. The van der Waals surface area contributed by atoms with Crippen LogP contribution >= 0.6 is 34.5 Å². The number of nitrogens with one attached hydrogen (secondary N) is 2. The molecule has 1 aromatic carbocycles. The summed E-state index contributed by atoms with van der Waals surface area (Å²) in [5, 5.41) is 7.55. The molecular weight excluding hydrogens is 369 g/mol. The SMILES string of the molecule is O=C(COc1ccc(Cl)c(Cl)c1)Nc1ncc(C2CCNCC2)s1. The minimum Gasteiger partial charge on any atom is -0.484 e. The smallest absolute Gasteiger partial charge is 0.264 e. The van der Waals surface area contributed by atoms with Gasteiger partial charge in [-0.1, -0.05) is 23.2 Å². The average Bonchev–Trinajstić information content (AvgIpc) is 3.05. The molecule has 1 aromatic heterocycles. The molecule has 5 nitrogen and oxygen atoms in total. The van der Waals surface area contributed by atoms with Crippen LogP contribution in [0.3, 0.4) is 0 Å². The maximum atomic E-state index is 12.0. The summed E-state index contributed by atoms with van der Waals surface area (Å²) in [5.41, 5.74) is 0. The van der Waals surface area contributed by atoms with Crippen LogP contribution in [0.4, 0.5) is 5.13 Å². The van der Waals surface area contributed by atoms with E-state index < -0.39 is 0 Å². The van der Waals surface area contributed by atoms with Gasteiger partial charge in [0.15, 0.2) is 11.7 Å². The molecule has 1 fully saturated rings. The van der Waals surface area contributed by atoms with Gasteiger partial charge < -0.3 is 10.1 Å². The van der Waals surface area contributed by atoms with Gasteiger partial charge in [0.05, 0.1) is 10.0 Å². The zero-order valence-electron chi connectivity index (χ0n) is 12.9. The second-order valence-electron chi connectivity index (χ2n) is 5.50. The average molecular weight is 386 g/mol. The largest absolute Gasteiger partial charge is 0.484 e. The summed E-state index contributed by atoms with van der Waals surface area (Å²) in [7, 11) is 0. The first-order valence-electron chi connectivity index (χ1n) is 7.66. The van der Waals surface area contributed by atoms with Crippen molar-refractivity contribution in [2.75, 3.05) is 25.0 Å². The number of carbonyl (C=O) groups is 1. The molecule has 0 bridgehead atoms. The second kappa shape index (κ2) is 8.16. The molecule has 2 N–H and O–H groups in total. The van der Waals surface area contributed by atoms with E-state index in [1.807, 2.05) is 6.20 Å². The predicted octanol–water partition coefficient (Wildman–Crippen LogP) is 3.93. The Bertz CT molecular complexity index is 717. The van der Waals surface area contributed by atoms with Gasteiger partial charge in [-0.3, -0.25) is 10.1 Å². The number of anilines is 1. The summed E-state index contributed by atoms with van der Waals surface area (Å²) >= 11 is 13.3. The van der Waals surface area contributed by atoms with Crippen LogP contribution in [0.2, 0.25) is 10.0 Å². The van der Waals surface area contributed by atoms with E-state index in [-0.39, 0.29) is 12.5 Å². The number of rotatable bonds is 5. The Balaban J connectivity index is 1.51. The molecule has 3 rings (SSSR count). The molecular formula is C16H17Cl2N3O2S. The standard InChI is InChI=1S/C16H17Cl2N3O2S/c17-12-2-1-11(7-13(12)18)23-9-15(22)21-16-20-8-14(24-16)10-3-5-19-6-4-10/h1-2,7-8,10,19H,3-6,9H2,(H,20,21,22). The van der Waals surface area contributed by atoms with Crippen molar-refractivity contribution >= 4 is 45.6 Å². The summed E-state index contributed by atoms with van der Waals surface area (Å²) in [6, 6.07) is 4.87. The fourth-order valence-electron chi connectivity index (χ4n) is 2.51. The summed E-state index contributed by atoms with van der Waals surface area (Å²) in [4.78, 5) is 17.5. The van der Waals surface area contributed by atoms with Crippen LogP contribution in [0.25, 0.3) is 0 Å². The molecule has 2 aromatic rings. The minimum atomic E-state index is -0.257. The highest BCUT2D eigenvalue weighted by molar-refractivity contribution is 7.15. The molecule has 24 heavy (non-hydrogen) atoms. The Kier molecular flexibility index (Phi) is 5.94. The van der Waals surface area contributed by atoms with Crippen LogP contribution < -0.4 is 15.4 Å². The zero-order valence-corrected chi connectivity index (χ0v) is 15.2. The maximum absolute atomic E-state index is 12.0. The van der Waals surface area contributed by atoms with Gasteiger partial charge in [0.1, 0.15) is 5.75 Å². The fraction of sp³-hybridized carbons (Fsp3) is 0.375.